The molecule has 1 saturated heterocycles. The summed E-state index contributed by atoms with van der Waals surface area (Å²) in [6.07, 6.45) is 0. The van der Waals surface area contributed by atoms with Gasteiger partial charge in [-0.3, -0.25) is 9.59 Å². The van der Waals surface area contributed by atoms with E-state index in [9.17, 15) is 9.59 Å². The first kappa shape index (κ1) is 22.9. The van der Waals surface area contributed by atoms with Gasteiger partial charge in [0.05, 0.1) is 11.3 Å². The minimum absolute atomic E-state index is 0.0291. The molecule has 1 aliphatic rings. The molecule has 3 aromatic rings. The Balaban J connectivity index is 1.36. The van der Waals surface area contributed by atoms with Gasteiger partial charge in [0.25, 0.3) is 5.91 Å². The van der Waals surface area contributed by atoms with E-state index in [2.05, 4.69) is 35.3 Å². The van der Waals surface area contributed by atoms with Gasteiger partial charge < -0.3 is 15.1 Å². The third-order valence-electron chi connectivity index (χ3n) is 5.83. The highest BCUT2D eigenvalue weighted by atomic mass is 32.2. The molecule has 0 radical (unpaired) electrons. The molecule has 6 heteroatoms. The van der Waals surface area contributed by atoms with E-state index in [1.807, 2.05) is 66.4 Å². The maximum Gasteiger partial charge on any atom is 0.255 e. The van der Waals surface area contributed by atoms with E-state index in [-0.39, 0.29) is 17.6 Å². The SMILES string of the molecule is Cc1ccc(NC(=O)CSc2ccccc2C(=O)N2CCN(c3ccccc3C)CC2)cc1. The van der Waals surface area contributed by atoms with Crippen molar-refractivity contribution in [2.75, 3.05) is 42.1 Å². The van der Waals surface area contributed by atoms with Gasteiger partial charge in [-0.15, -0.1) is 11.8 Å². The van der Waals surface area contributed by atoms with E-state index >= 15 is 0 Å². The second-order valence-corrected chi connectivity index (χ2v) is 9.28. The third-order valence-corrected chi connectivity index (χ3v) is 6.91. The predicted molar refractivity (Wildman–Crippen MR) is 136 cm³/mol. The molecule has 33 heavy (non-hydrogen) atoms. The molecular formula is C27H29N3O2S. The van der Waals surface area contributed by atoms with Gasteiger partial charge in [-0.05, 0) is 49.7 Å². The summed E-state index contributed by atoms with van der Waals surface area (Å²) in [5.41, 5.74) is 5.08. The number of anilines is 2. The van der Waals surface area contributed by atoms with Crippen LogP contribution in [0.2, 0.25) is 0 Å². The first-order valence-corrected chi connectivity index (χ1v) is 12.2. The lowest BCUT2D eigenvalue weighted by Crippen LogP contribution is -2.49. The monoisotopic (exact) mass is 459 g/mol. The van der Waals surface area contributed by atoms with Crippen molar-refractivity contribution in [2.24, 2.45) is 0 Å². The second-order valence-electron chi connectivity index (χ2n) is 8.26. The fraction of sp³-hybridized carbons (Fsp3) is 0.259. The maximum atomic E-state index is 13.3. The first-order chi connectivity index (χ1) is 16.0. The van der Waals surface area contributed by atoms with Crippen molar-refractivity contribution in [1.29, 1.82) is 0 Å². The molecule has 170 valence electrons. The van der Waals surface area contributed by atoms with Gasteiger partial charge in [0.1, 0.15) is 0 Å². The van der Waals surface area contributed by atoms with Crippen LogP contribution in [0.1, 0.15) is 21.5 Å². The molecule has 1 N–H and O–H groups in total. The highest BCUT2D eigenvalue weighted by molar-refractivity contribution is 8.00. The molecule has 1 aliphatic heterocycles. The smallest absolute Gasteiger partial charge is 0.255 e. The number of piperazine rings is 1. The summed E-state index contributed by atoms with van der Waals surface area (Å²) in [4.78, 5) is 30.8. The molecular weight excluding hydrogens is 430 g/mol. The summed E-state index contributed by atoms with van der Waals surface area (Å²) in [6, 6.07) is 23.7. The predicted octanol–water partition coefficient (Wildman–Crippen LogP) is 5.00. The Morgan fingerprint density at radius 1 is 0.848 bits per heavy atom. The fourth-order valence-electron chi connectivity index (χ4n) is 3.99. The van der Waals surface area contributed by atoms with E-state index in [4.69, 9.17) is 0 Å². The molecule has 0 bridgehead atoms. The summed E-state index contributed by atoms with van der Waals surface area (Å²) >= 11 is 1.40. The van der Waals surface area contributed by atoms with Crippen molar-refractivity contribution in [3.63, 3.8) is 0 Å². The summed E-state index contributed by atoms with van der Waals surface area (Å²) < 4.78 is 0. The van der Waals surface area contributed by atoms with E-state index in [1.165, 1.54) is 23.0 Å². The molecule has 0 aliphatic carbocycles. The molecule has 0 aromatic heterocycles. The minimum Gasteiger partial charge on any atom is -0.368 e. The van der Waals surface area contributed by atoms with Gasteiger partial charge in [-0.2, -0.15) is 0 Å². The van der Waals surface area contributed by atoms with E-state index in [0.29, 0.717) is 18.7 Å². The number of carbonyl (C=O) groups excluding carboxylic acids is 2. The van der Waals surface area contributed by atoms with E-state index < -0.39 is 0 Å². The lowest BCUT2D eigenvalue weighted by molar-refractivity contribution is -0.113. The van der Waals surface area contributed by atoms with Crippen LogP contribution >= 0.6 is 11.8 Å². The number of nitrogens with zero attached hydrogens (tertiary/aromatic N) is 2. The van der Waals surface area contributed by atoms with Crippen molar-refractivity contribution in [1.82, 2.24) is 4.90 Å². The normalized spacial score (nSPS) is 13.6. The Hall–Kier alpha value is -3.25. The van der Waals surface area contributed by atoms with Gasteiger partial charge in [0.2, 0.25) is 5.91 Å². The number of nitrogens with one attached hydrogen (secondary N) is 1. The third kappa shape index (κ3) is 5.76. The van der Waals surface area contributed by atoms with Crippen LogP contribution in [0.25, 0.3) is 0 Å². The van der Waals surface area contributed by atoms with Crippen LogP contribution in [0, 0.1) is 13.8 Å². The molecule has 0 saturated carbocycles. The van der Waals surface area contributed by atoms with Crippen molar-refractivity contribution >= 4 is 35.0 Å². The van der Waals surface area contributed by atoms with Gasteiger partial charge in [-0.1, -0.05) is 48.0 Å². The molecule has 5 nitrogen and oxygen atoms in total. The number of rotatable bonds is 6. The quantitative estimate of drug-likeness (QED) is 0.527. The Morgan fingerprint density at radius 3 is 2.24 bits per heavy atom. The fourth-order valence-corrected chi connectivity index (χ4v) is 4.83. The number of benzene rings is 3. The molecule has 1 heterocycles. The lowest BCUT2D eigenvalue weighted by Gasteiger charge is -2.37. The number of thioether (sulfide) groups is 1. The Morgan fingerprint density at radius 2 is 1.52 bits per heavy atom. The summed E-state index contributed by atoms with van der Waals surface area (Å²) in [5, 5.41) is 2.92. The number of aryl methyl sites for hydroxylation is 2. The Kier molecular flexibility index (Phi) is 7.35. The Labute approximate surface area is 199 Å². The van der Waals surface area contributed by atoms with Crippen molar-refractivity contribution < 1.29 is 9.59 Å². The number of carbonyl (C=O) groups is 2. The number of hydrogen-bond acceptors (Lipinski definition) is 4. The number of hydrogen-bond donors (Lipinski definition) is 1. The number of amides is 2. The molecule has 1 fully saturated rings. The molecule has 0 unspecified atom stereocenters. The zero-order valence-corrected chi connectivity index (χ0v) is 19.9. The molecule has 0 spiro atoms. The largest absolute Gasteiger partial charge is 0.368 e. The van der Waals surface area contributed by atoms with Gasteiger partial charge in [0, 0.05) is 42.4 Å². The lowest BCUT2D eigenvalue weighted by atomic mass is 10.1. The maximum absolute atomic E-state index is 13.3. The topological polar surface area (TPSA) is 52.7 Å². The van der Waals surface area contributed by atoms with Gasteiger partial charge in [-0.25, -0.2) is 0 Å². The summed E-state index contributed by atoms with van der Waals surface area (Å²) in [5.74, 6) is 0.193. The van der Waals surface area contributed by atoms with Gasteiger partial charge in [0.15, 0.2) is 0 Å². The highest BCUT2D eigenvalue weighted by Gasteiger charge is 2.24. The van der Waals surface area contributed by atoms with Crippen LogP contribution in [0.15, 0.2) is 77.7 Å². The standard InChI is InChI=1S/C27H29N3O2S/c1-20-11-13-22(14-12-20)28-26(31)19-33-25-10-6-4-8-23(25)27(32)30-17-15-29(16-18-30)24-9-5-3-7-21(24)2/h3-14H,15-19H2,1-2H3,(H,28,31). The van der Waals surface area contributed by atoms with Crippen molar-refractivity contribution in [3.8, 4) is 0 Å². The summed E-state index contributed by atoms with van der Waals surface area (Å²) in [7, 11) is 0. The zero-order chi connectivity index (χ0) is 23.2. The average Bonchev–Trinajstić information content (AvgIpc) is 2.84. The molecule has 2 amide bonds. The van der Waals surface area contributed by atoms with Crippen LogP contribution in [0.3, 0.4) is 0 Å². The van der Waals surface area contributed by atoms with Crippen LogP contribution < -0.4 is 10.2 Å². The van der Waals surface area contributed by atoms with Crippen LogP contribution in [-0.4, -0.2) is 48.6 Å². The molecule has 0 atom stereocenters. The van der Waals surface area contributed by atoms with E-state index in [0.717, 1.165) is 29.2 Å². The van der Waals surface area contributed by atoms with Crippen LogP contribution in [0.4, 0.5) is 11.4 Å². The first-order valence-electron chi connectivity index (χ1n) is 11.2. The van der Waals surface area contributed by atoms with Crippen LogP contribution in [0.5, 0.6) is 0 Å². The summed E-state index contributed by atoms with van der Waals surface area (Å²) in [6.45, 7) is 7.11. The average molecular weight is 460 g/mol. The molecule has 3 aromatic carbocycles. The van der Waals surface area contributed by atoms with Crippen molar-refractivity contribution in [3.05, 3.63) is 89.5 Å². The van der Waals surface area contributed by atoms with E-state index in [1.54, 1.807) is 0 Å². The van der Waals surface area contributed by atoms with Crippen molar-refractivity contribution in [2.45, 2.75) is 18.7 Å². The Bertz CT molecular complexity index is 1120. The number of para-hydroxylation sites is 1. The highest BCUT2D eigenvalue weighted by Crippen LogP contribution is 2.26. The minimum atomic E-state index is -0.0852. The van der Waals surface area contributed by atoms with Crippen LogP contribution in [-0.2, 0) is 4.79 Å². The van der Waals surface area contributed by atoms with Gasteiger partial charge >= 0.3 is 0 Å². The molecule has 4 rings (SSSR count). The zero-order valence-electron chi connectivity index (χ0n) is 19.1. The second kappa shape index (κ2) is 10.6.